The summed E-state index contributed by atoms with van der Waals surface area (Å²) in [6, 6.07) is 4.71. The van der Waals surface area contributed by atoms with E-state index < -0.39 is 21.9 Å². The standard InChI is InChI=1S/C20H27N5O6/c1-14-13-15(5-6-16(14)25(29)30)31-12-4-7-23-8-10-24(11-9-23)18-17(26)19(27)22(3)20(28)21(18)2/h5-6,13,26H,4,7-12H2,1-3H3. The molecule has 1 aliphatic heterocycles. The number of piperazine rings is 1. The van der Waals surface area contributed by atoms with Crippen molar-refractivity contribution >= 4 is 11.5 Å². The Labute approximate surface area is 178 Å². The fourth-order valence-corrected chi connectivity index (χ4v) is 3.76. The monoisotopic (exact) mass is 433 g/mol. The summed E-state index contributed by atoms with van der Waals surface area (Å²) in [5, 5.41) is 21.1. The first-order valence-electron chi connectivity index (χ1n) is 10.0. The van der Waals surface area contributed by atoms with Crippen molar-refractivity contribution < 1.29 is 14.8 Å². The lowest BCUT2D eigenvalue weighted by Crippen LogP contribution is -2.49. The molecule has 31 heavy (non-hydrogen) atoms. The molecule has 0 unspecified atom stereocenters. The summed E-state index contributed by atoms with van der Waals surface area (Å²) in [6.07, 6.45) is 0.783. The summed E-state index contributed by atoms with van der Waals surface area (Å²) in [7, 11) is 2.88. The van der Waals surface area contributed by atoms with E-state index in [1.165, 1.54) is 17.7 Å². The van der Waals surface area contributed by atoms with Crippen LogP contribution in [0.15, 0.2) is 27.8 Å². The van der Waals surface area contributed by atoms with Crippen molar-refractivity contribution in [2.45, 2.75) is 13.3 Å². The van der Waals surface area contributed by atoms with Gasteiger partial charge in [0.2, 0.25) is 5.75 Å². The highest BCUT2D eigenvalue weighted by Crippen LogP contribution is 2.24. The number of hydrogen-bond donors (Lipinski definition) is 1. The van der Waals surface area contributed by atoms with Crippen LogP contribution in [-0.2, 0) is 14.1 Å². The SMILES string of the molecule is Cc1cc(OCCCN2CCN(c3c(O)c(=O)n(C)c(=O)n3C)CC2)ccc1[N+](=O)[O-]. The first-order chi connectivity index (χ1) is 14.7. The number of nitro benzene ring substituents is 1. The van der Waals surface area contributed by atoms with Crippen molar-refractivity contribution in [1.82, 2.24) is 14.0 Å². The van der Waals surface area contributed by atoms with Crippen LogP contribution in [0.4, 0.5) is 11.5 Å². The molecule has 0 bridgehead atoms. The molecule has 3 rings (SSSR count). The minimum atomic E-state index is -0.695. The second-order valence-corrected chi connectivity index (χ2v) is 7.61. The van der Waals surface area contributed by atoms with E-state index in [1.807, 2.05) is 4.90 Å². The summed E-state index contributed by atoms with van der Waals surface area (Å²) in [5.41, 5.74) is -0.532. The Morgan fingerprint density at radius 1 is 1.13 bits per heavy atom. The molecule has 1 N–H and O–H groups in total. The van der Waals surface area contributed by atoms with Crippen LogP contribution >= 0.6 is 0 Å². The molecule has 0 aliphatic carbocycles. The molecule has 2 aromatic rings. The molecule has 0 atom stereocenters. The van der Waals surface area contributed by atoms with Crippen LogP contribution in [0, 0.1) is 17.0 Å². The molecular weight excluding hydrogens is 406 g/mol. The average molecular weight is 433 g/mol. The summed E-state index contributed by atoms with van der Waals surface area (Å²) < 4.78 is 7.89. The van der Waals surface area contributed by atoms with Gasteiger partial charge in [-0.2, -0.15) is 0 Å². The van der Waals surface area contributed by atoms with Crippen LogP contribution in [0.1, 0.15) is 12.0 Å². The number of aromatic hydroxyl groups is 1. The number of aryl methyl sites for hydroxylation is 1. The Hall–Kier alpha value is -3.34. The van der Waals surface area contributed by atoms with Gasteiger partial charge >= 0.3 is 5.69 Å². The summed E-state index contributed by atoms with van der Waals surface area (Å²) in [6.45, 7) is 5.58. The number of aromatic nitrogens is 2. The fraction of sp³-hybridized carbons (Fsp3) is 0.500. The van der Waals surface area contributed by atoms with E-state index >= 15 is 0 Å². The maximum atomic E-state index is 12.2. The average Bonchev–Trinajstić information content (AvgIpc) is 2.75. The van der Waals surface area contributed by atoms with Gasteiger partial charge in [0.05, 0.1) is 11.5 Å². The lowest BCUT2D eigenvalue weighted by Gasteiger charge is -2.36. The van der Waals surface area contributed by atoms with E-state index in [0.717, 1.165) is 30.6 Å². The second-order valence-electron chi connectivity index (χ2n) is 7.61. The summed E-state index contributed by atoms with van der Waals surface area (Å²) in [4.78, 5) is 38.8. The zero-order chi connectivity index (χ0) is 22.7. The number of hydrogen-bond acceptors (Lipinski definition) is 8. The minimum absolute atomic E-state index is 0.0741. The van der Waals surface area contributed by atoms with Crippen LogP contribution in [-0.4, -0.2) is 63.4 Å². The van der Waals surface area contributed by atoms with Gasteiger partial charge in [0.25, 0.3) is 11.2 Å². The van der Waals surface area contributed by atoms with E-state index in [1.54, 1.807) is 26.1 Å². The number of nitro groups is 1. The molecule has 1 saturated heterocycles. The van der Waals surface area contributed by atoms with Crippen LogP contribution in [0.25, 0.3) is 0 Å². The lowest BCUT2D eigenvalue weighted by atomic mass is 10.2. The Balaban J connectivity index is 1.49. The van der Waals surface area contributed by atoms with Gasteiger partial charge in [-0.3, -0.25) is 28.9 Å². The maximum absolute atomic E-state index is 12.2. The molecule has 1 aliphatic rings. The molecule has 1 aromatic carbocycles. The number of ether oxygens (including phenoxy) is 1. The predicted octanol–water partition coefficient (Wildman–Crippen LogP) is 0.597. The Kier molecular flexibility index (Phi) is 6.64. The third-order valence-corrected chi connectivity index (χ3v) is 5.53. The Bertz CT molecular complexity index is 1050. The third-order valence-electron chi connectivity index (χ3n) is 5.53. The van der Waals surface area contributed by atoms with E-state index in [2.05, 4.69) is 4.90 Å². The van der Waals surface area contributed by atoms with Crippen molar-refractivity contribution in [1.29, 1.82) is 0 Å². The molecule has 2 heterocycles. The molecule has 1 fully saturated rings. The first kappa shape index (κ1) is 22.3. The topological polar surface area (TPSA) is 123 Å². The van der Waals surface area contributed by atoms with Crippen molar-refractivity contribution in [2.24, 2.45) is 14.1 Å². The van der Waals surface area contributed by atoms with E-state index in [0.29, 0.717) is 31.0 Å². The molecule has 1 aromatic heterocycles. The van der Waals surface area contributed by atoms with Crippen LogP contribution < -0.4 is 20.9 Å². The largest absolute Gasteiger partial charge is 0.500 e. The highest BCUT2D eigenvalue weighted by Gasteiger charge is 2.24. The first-order valence-corrected chi connectivity index (χ1v) is 10.0. The van der Waals surface area contributed by atoms with Gasteiger partial charge in [0.15, 0.2) is 5.82 Å². The van der Waals surface area contributed by atoms with Crippen molar-refractivity contribution in [3.63, 3.8) is 0 Å². The maximum Gasteiger partial charge on any atom is 0.332 e. The van der Waals surface area contributed by atoms with Gasteiger partial charge in [-0.1, -0.05) is 0 Å². The van der Waals surface area contributed by atoms with Gasteiger partial charge < -0.3 is 14.7 Å². The Morgan fingerprint density at radius 3 is 2.42 bits per heavy atom. The van der Waals surface area contributed by atoms with Crippen LogP contribution in [0.2, 0.25) is 0 Å². The predicted molar refractivity (Wildman–Crippen MR) is 115 cm³/mol. The molecule has 11 nitrogen and oxygen atoms in total. The smallest absolute Gasteiger partial charge is 0.332 e. The normalized spacial score (nSPS) is 14.6. The van der Waals surface area contributed by atoms with Crippen molar-refractivity contribution in [3.05, 3.63) is 54.7 Å². The van der Waals surface area contributed by atoms with Crippen LogP contribution in [0.5, 0.6) is 11.5 Å². The van der Waals surface area contributed by atoms with Gasteiger partial charge in [-0.25, -0.2) is 4.79 Å². The number of rotatable bonds is 7. The molecule has 0 amide bonds. The lowest BCUT2D eigenvalue weighted by molar-refractivity contribution is -0.385. The highest BCUT2D eigenvalue weighted by molar-refractivity contribution is 5.51. The van der Waals surface area contributed by atoms with Gasteiger partial charge in [0, 0.05) is 58.4 Å². The van der Waals surface area contributed by atoms with Crippen LogP contribution in [0.3, 0.4) is 0 Å². The molecule has 0 saturated carbocycles. The van der Waals surface area contributed by atoms with Gasteiger partial charge in [-0.05, 0) is 25.5 Å². The van der Waals surface area contributed by atoms with E-state index in [-0.39, 0.29) is 11.5 Å². The quantitative estimate of drug-likeness (QED) is 0.383. The number of benzene rings is 1. The molecule has 0 radical (unpaired) electrons. The highest BCUT2D eigenvalue weighted by atomic mass is 16.6. The van der Waals surface area contributed by atoms with E-state index in [4.69, 9.17) is 4.74 Å². The number of anilines is 1. The zero-order valence-corrected chi connectivity index (χ0v) is 17.9. The van der Waals surface area contributed by atoms with Crippen molar-refractivity contribution in [3.8, 4) is 11.5 Å². The van der Waals surface area contributed by atoms with Gasteiger partial charge in [-0.15, -0.1) is 0 Å². The zero-order valence-electron chi connectivity index (χ0n) is 17.9. The van der Waals surface area contributed by atoms with Gasteiger partial charge in [0.1, 0.15) is 5.75 Å². The summed E-state index contributed by atoms with van der Waals surface area (Å²) in [5.74, 6) is 0.449. The Morgan fingerprint density at radius 2 is 1.81 bits per heavy atom. The summed E-state index contributed by atoms with van der Waals surface area (Å²) >= 11 is 0. The third kappa shape index (κ3) is 4.71. The molecular formula is C20H27N5O6. The molecule has 11 heteroatoms. The second kappa shape index (κ2) is 9.21. The van der Waals surface area contributed by atoms with Crippen molar-refractivity contribution in [2.75, 3.05) is 44.2 Å². The number of nitrogens with zero attached hydrogens (tertiary/aromatic N) is 5. The van der Waals surface area contributed by atoms with E-state index in [9.17, 15) is 24.8 Å². The fourth-order valence-electron chi connectivity index (χ4n) is 3.76. The minimum Gasteiger partial charge on any atom is -0.500 e. The molecule has 168 valence electrons. The molecule has 0 spiro atoms.